The molecule has 0 radical (unpaired) electrons. The predicted octanol–water partition coefficient (Wildman–Crippen LogP) is 4.16. The molecule has 3 rings (SSSR count). The fourth-order valence-electron chi connectivity index (χ4n) is 1.93. The van der Waals surface area contributed by atoms with E-state index in [4.69, 9.17) is 10.5 Å². The maximum absolute atomic E-state index is 5.70. The van der Waals surface area contributed by atoms with Gasteiger partial charge in [0, 0.05) is 15.3 Å². The van der Waals surface area contributed by atoms with Crippen molar-refractivity contribution in [3.8, 4) is 16.2 Å². The second-order valence-electron chi connectivity index (χ2n) is 4.14. The Morgan fingerprint density at radius 3 is 2.50 bits per heavy atom. The highest BCUT2D eigenvalue weighted by molar-refractivity contribution is 7.22. The zero-order valence-corrected chi connectivity index (χ0v) is 10.8. The number of nitrogens with two attached hydrogens (primary N) is 1. The van der Waals surface area contributed by atoms with Gasteiger partial charge in [-0.2, -0.15) is 0 Å². The quantitative estimate of drug-likeness (QED) is 0.698. The van der Waals surface area contributed by atoms with E-state index in [9.17, 15) is 0 Å². The summed E-state index contributed by atoms with van der Waals surface area (Å²) in [6, 6.07) is 16.3. The Bertz CT molecular complexity index is 685. The van der Waals surface area contributed by atoms with Gasteiger partial charge in [0.1, 0.15) is 5.75 Å². The molecule has 0 unspecified atom stereocenters. The van der Waals surface area contributed by atoms with E-state index in [1.54, 1.807) is 18.4 Å². The zero-order valence-electron chi connectivity index (χ0n) is 10.0. The molecule has 2 N–H and O–H groups in total. The standard InChI is InChI=1S/C15H13NOS/c1-17-13-7-4-11-8-14(18-15(11)9-13)10-2-5-12(16)6-3-10/h2-9H,16H2,1H3. The van der Waals surface area contributed by atoms with Gasteiger partial charge in [-0.1, -0.05) is 12.1 Å². The molecule has 0 spiro atoms. The van der Waals surface area contributed by atoms with E-state index >= 15 is 0 Å². The van der Waals surface area contributed by atoms with Crippen LogP contribution in [0.25, 0.3) is 20.5 Å². The van der Waals surface area contributed by atoms with Gasteiger partial charge in [-0.3, -0.25) is 0 Å². The average Bonchev–Trinajstić information content (AvgIpc) is 2.82. The minimum Gasteiger partial charge on any atom is -0.497 e. The molecular weight excluding hydrogens is 242 g/mol. The monoisotopic (exact) mass is 255 g/mol. The summed E-state index contributed by atoms with van der Waals surface area (Å²) < 4.78 is 6.48. The van der Waals surface area contributed by atoms with Crippen LogP contribution >= 0.6 is 11.3 Å². The van der Waals surface area contributed by atoms with E-state index in [0.717, 1.165) is 11.4 Å². The molecule has 90 valence electrons. The van der Waals surface area contributed by atoms with Gasteiger partial charge in [0.05, 0.1) is 7.11 Å². The second-order valence-corrected chi connectivity index (χ2v) is 5.22. The van der Waals surface area contributed by atoms with Crippen LogP contribution in [0.1, 0.15) is 0 Å². The molecule has 2 nitrogen and oxygen atoms in total. The van der Waals surface area contributed by atoms with Gasteiger partial charge in [0.2, 0.25) is 0 Å². The average molecular weight is 255 g/mol. The third-order valence-electron chi connectivity index (χ3n) is 2.92. The van der Waals surface area contributed by atoms with Gasteiger partial charge in [0.25, 0.3) is 0 Å². The summed E-state index contributed by atoms with van der Waals surface area (Å²) in [7, 11) is 1.69. The normalized spacial score (nSPS) is 10.7. The van der Waals surface area contributed by atoms with Crippen molar-refractivity contribution in [3.63, 3.8) is 0 Å². The number of fused-ring (bicyclic) bond motifs is 1. The van der Waals surface area contributed by atoms with Crippen molar-refractivity contribution in [1.29, 1.82) is 0 Å². The lowest BCUT2D eigenvalue weighted by atomic mass is 10.1. The van der Waals surface area contributed by atoms with Crippen molar-refractivity contribution >= 4 is 27.1 Å². The van der Waals surface area contributed by atoms with Crippen LogP contribution in [0.5, 0.6) is 5.75 Å². The molecule has 0 atom stereocenters. The van der Waals surface area contributed by atoms with Crippen LogP contribution in [0.4, 0.5) is 5.69 Å². The van der Waals surface area contributed by atoms with E-state index in [1.807, 2.05) is 18.2 Å². The number of hydrogen-bond donors (Lipinski definition) is 1. The lowest BCUT2D eigenvalue weighted by Crippen LogP contribution is -1.82. The first kappa shape index (κ1) is 11.1. The Morgan fingerprint density at radius 1 is 1.00 bits per heavy atom. The van der Waals surface area contributed by atoms with Gasteiger partial charge in [-0.05, 0) is 47.3 Å². The summed E-state index contributed by atoms with van der Waals surface area (Å²) >= 11 is 1.76. The number of hydrogen-bond acceptors (Lipinski definition) is 3. The fraction of sp³-hybridized carbons (Fsp3) is 0.0667. The zero-order chi connectivity index (χ0) is 12.5. The lowest BCUT2D eigenvalue weighted by Gasteiger charge is -1.97. The Hall–Kier alpha value is -2.00. The highest BCUT2D eigenvalue weighted by Gasteiger charge is 2.05. The van der Waals surface area contributed by atoms with Crippen molar-refractivity contribution in [2.75, 3.05) is 12.8 Å². The highest BCUT2D eigenvalue weighted by atomic mass is 32.1. The smallest absolute Gasteiger partial charge is 0.120 e. The summed E-state index contributed by atoms with van der Waals surface area (Å²) in [4.78, 5) is 1.25. The molecule has 3 heteroatoms. The van der Waals surface area contributed by atoms with Crippen LogP contribution in [0, 0.1) is 0 Å². The van der Waals surface area contributed by atoms with Crippen LogP contribution in [-0.2, 0) is 0 Å². The Labute approximate surface area is 110 Å². The number of benzene rings is 2. The lowest BCUT2D eigenvalue weighted by molar-refractivity contribution is 0.415. The van der Waals surface area contributed by atoms with Crippen molar-refractivity contribution in [1.82, 2.24) is 0 Å². The number of anilines is 1. The van der Waals surface area contributed by atoms with E-state index in [-0.39, 0.29) is 0 Å². The van der Waals surface area contributed by atoms with E-state index in [1.165, 1.54) is 20.5 Å². The summed E-state index contributed by atoms with van der Waals surface area (Å²) in [6.07, 6.45) is 0. The largest absolute Gasteiger partial charge is 0.497 e. The van der Waals surface area contributed by atoms with Crippen LogP contribution < -0.4 is 10.5 Å². The Balaban J connectivity index is 2.10. The number of thiophene rings is 1. The van der Waals surface area contributed by atoms with Gasteiger partial charge in [-0.15, -0.1) is 11.3 Å². The maximum Gasteiger partial charge on any atom is 0.120 e. The van der Waals surface area contributed by atoms with Gasteiger partial charge in [-0.25, -0.2) is 0 Å². The molecule has 3 aromatic rings. The topological polar surface area (TPSA) is 35.2 Å². The molecule has 1 aromatic heterocycles. The molecule has 0 aliphatic rings. The third-order valence-corrected chi connectivity index (χ3v) is 4.07. The van der Waals surface area contributed by atoms with Crippen LogP contribution in [-0.4, -0.2) is 7.11 Å². The van der Waals surface area contributed by atoms with Crippen molar-refractivity contribution in [2.24, 2.45) is 0 Å². The van der Waals surface area contributed by atoms with E-state index in [2.05, 4.69) is 30.3 Å². The maximum atomic E-state index is 5.70. The Kier molecular flexibility index (Phi) is 2.68. The van der Waals surface area contributed by atoms with Crippen molar-refractivity contribution in [2.45, 2.75) is 0 Å². The molecule has 0 fully saturated rings. The van der Waals surface area contributed by atoms with Gasteiger partial charge >= 0.3 is 0 Å². The third kappa shape index (κ3) is 1.93. The minimum absolute atomic E-state index is 0.793. The predicted molar refractivity (Wildman–Crippen MR) is 78.2 cm³/mol. The molecular formula is C15H13NOS. The number of ether oxygens (including phenoxy) is 1. The molecule has 0 aliphatic carbocycles. The van der Waals surface area contributed by atoms with Crippen LogP contribution in [0.3, 0.4) is 0 Å². The molecule has 0 saturated carbocycles. The first-order valence-electron chi connectivity index (χ1n) is 5.70. The Morgan fingerprint density at radius 2 is 1.78 bits per heavy atom. The molecule has 0 amide bonds. The van der Waals surface area contributed by atoms with Crippen molar-refractivity contribution < 1.29 is 4.74 Å². The summed E-state index contributed by atoms with van der Waals surface area (Å²) in [6.45, 7) is 0. The summed E-state index contributed by atoms with van der Waals surface area (Å²) in [5, 5.41) is 1.24. The first-order chi connectivity index (χ1) is 8.76. The van der Waals surface area contributed by atoms with Gasteiger partial charge < -0.3 is 10.5 Å². The second kappa shape index (κ2) is 4.35. The minimum atomic E-state index is 0.793. The van der Waals surface area contributed by atoms with E-state index < -0.39 is 0 Å². The summed E-state index contributed by atoms with van der Waals surface area (Å²) in [5.41, 5.74) is 7.70. The van der Waals surface area contributed by atoms with Crippen molar-refractivity contribution in [3.05, 3.63) is 48.5 Å². The first-order valence-corrected chi connectivity index (χ1v) is 6.51. The summed E-state index contributed by atoms with van der Waals surface area (Å²) in [5.74, 6) is 0.896. The highest BCUT2D eigenvalue weighted by Crippen LogP contribution is 2.35. The molecule has 1 heterocycles. The number of nitrogen functional groups attached to an aromatic ring is 1. The number of rotatable bonds is 2. The van der Waals surface area contributed by atoms with Crippen LogP contribution in [0.15, 0.2) is 48.5 Å². The molecule has 0 saturated heterocycles. The molecule has 0 bridgehead atoms. The van der Waals surface area contributed by atoms with E-state index in [0.29, 0.717) is 0 Å². The van der Waals surface area contributed by atoms with Gasteiger partial charge in [0.15, 0.2) is 0 Å². The fourth-order valence-corrected chi connectivity index (χ4v) is 3.02. The van der Waals surface area contributed by atoms with Crippen LogP contribution in [0.2, 0.25) is 0 Å². The molecule has 2 aromatic carbocycles. The molecule has 18 heavy (non-hydrogen) atoms. The number of methoxy groups -OCH3 is 1. The molecule has 0 aliphatic heterocycles. The SMILES string of the molecule is COc1ccc2cc(-c3ccc(N)cc3)sc2c1.